The van der Waals surface area contributed by atoms with Gasteiger partial charge in [-0.1, -0.05) is 5.16 Å². The average Bonchev–Trinajstić information content (AvgIpc) is 2.88. The van der Waals surface area contributed by atoms with E-state index in [1.54, 1.807) is 0 Å². The van der Waals surface area contributed by atoms with Crippen LogP contribution in [0.25, 0.3) is 0 Å². The van der Waals surface area contributed by atoms with Gasteiger partial charge in [-0.25, -0.2) is 0 Å². The van der Waals surface area contributed by atoms with Gasteiger partial charge in [0.25, 0.3) is 0 Å². The second kappa shape index (κ2) is 6.75. The van der Waals surface area contributed by atoms with Gasteiger partial charge in [-0.2, -0.15) is 0 Å². The Labute approximate surface area is 113 Å². The minimum atomic E-state index is 0. The van der Waals surface area contributed by atoms with Crippen LogP contribution >= 0.6 is 12.4 Å². The zero-order chi connectivity index (χ0) is 12.3. The molecule has 0 aliphatic carbocycles. The third-order valence-electron chi connectivity index (χ3n) is 3.24. The molecule has 1 unspecified atom stereocenters. The molecule has 1 aliphatic rings. The quantitative estimate of drug-likeness (QED) is 0.872. The Morgan fingerprint density at radius 3 is 2.89 bits per heavy atom. The van der Waals surface area contributed by atoms with Crippen molar-refractivity contribution < 1.29 is 9.32 Å². The summed E-state index contributed by atoms with van der Waals surface area (Å²) in [6, 6.07) is 0.347. The number of carbonyl (C=O) groups excluding carboxylic acids is 1. The van der Waals surface area contributed by atoms with Crippen LogP contribution in [-0.4, -0.2) is 23.7 Å². The molecule has 1 saturated heterocycles. The molecule has 1 fully saturated rings. The van der Waals surface area contributed by atoms with Crippen molar-refractivity contribution in [3.63, 3.8) is 0 Å². The van der Waals surface area contributed by atoms with Gasteiger partial charge in [0.15, 0.2) is 0 Å². The maximum atomic E-state index is 11.7. The van der Waals surface area contributed by atoms with Crippen LogP contribution in [-0.2, 0) is 11.3 Å². The molecule has 18 heavy (non-hydrogen) atoms. The number of nitrogens with one attached hydrogen (secondary N) is 2. The molecule has 2 N–H and O–H groups in total. The molecular weight excluding hydrogens is 254 g/mol. The first-order chi connectivity index (χ1) is 8.16. The van der Waals surface area contributed by atoms with Gasteiger partial charge < -0.3 is 15.2 Å². The smallest absolute Gasteiger partial charge is 0.221 e. The average molecular weight is 274 g/mol. The van der Waals surface area contributed by atoms with Crippen molar-refractivity contribution in [2.45, 2.75) is 45.7 Å². The Morgan fingerprint density at radius 2 is 2.33 bits per heavy atom. The summed E-state index contributed by atoms with van der Waals surface area (Å²) >= 11 is 0. The van der Waals surface area contributed by atoms with Crippen LogP contribution in [0.5, 0.6) is 0 Å². The number of carbonyl (C=O) groups is 1. The second-order valence-electron chi connectivity index (χ2n) is 4.58. The van der Waals surface area contributed by atoms with Crippen LogP contribution in [0.15, 0.2) is 4.52 Å². The summed E-state index contributed by atoms with van der Waals surface area (Å²) in [6.45, 7) is 5.28. The minimum Gasteiger partial charge on any atom is -0.361 e. The fourth-order valence-corrected chi connectivity index (χ4v) is 2.17. The van der Waals surface area contributed by atoms with E-state index < -0.39 is 0 Å². The number of aromatic nitrogens is 1. The highest BCUT2D eigenvalue weighted by Gasteiger charge is 2.18. The van der Waals surface area contributed by atoms with E-state index in [9.17, 15) is 4.79 Å². The molecule has 2 heterocycles. The zero-order valence-electron chi connectivity index (χ0n) is 10.8. The second-order valence-corrected chi connectivity index (χ2v) is 4.58. The van der Waals surface area contributed by atoms with Crippen LogP contribution in [0.2, 0.25) is 0 Å². The largest absolute Gasteiger partial charge is 0.361 e. The Morgan fingerprint density at radius 1 is 1.56 bits per heavy atom. The van der Waals surface area contributed by atoms with Crippen LogP contribution in [0.1, 0.15) is 36.3 Å². The van der Waals surface area contributed by atoms with Gasteiger partial charge in [-0.15, -0.1) is 12.4 Å². The minimum absolute atomic E-state index is 0. The van der Waals surface area contributed by atoms with E-state index in [0.29, 0.717) is 19.0 Å². The van der Waals surface area contributed by atoms with Crippen molar-refractivity contribution in [3.05, 3.63) is 17.0 Å². The monoisotopic (exact) mass is 273 g/mol. The van der Waals surface area contributed by atoms with Crippen LogP contribution in [0.4, 0.5) is 0 Å². The molecule has 0 radical (unpaired) electrons. The number of aryl methyl sites for hydroxylation is 2. The third kappa shape index (κ3) is 3.71. The van der Waals surface area contributed by atoms with E-state index in [1.807, 2.05) is 13.8 Å². The SMILES string of the molecule is Cc1noc(C)c1CNC(=O)CC1CCCN1.Cl. The van der Waals surface area contributed by atoms with E-state index in [2.05, 4.69) is 15.8 Å². The molecule has 1 amide bonds. The lowest BCUT2D eigenvalue weighted by Crippen LogP contribution is -2.31. The highest BCUT2D eigenvalue weighted by molar-refractivity contribution is 5.85. The van der Waals surface area contributed by atoms with Gasteiger partial charge in [0.1, 0.15) is 5.76 Å². The predicted octanol–water partition coefficient (Wildman–Crippen LogP) is 1.47. The lowest BCUT2D eigenvalue weighted by Gasteiger charge is -2.10. The molecule has 2 rings (SSSR count). The highest BCUT2D eigenvalue weighted by Crippen LogP contribution is 2.12. The van der Waals surface area contributed by atoms with E-state index in [0.717, 1.165) is 30.0 Å². The lowest BCUT2D eigenvalue weighted by atomic mass is 10.1. The van der Waals surface area contributed by atoms with Crippen molar-refractivity contribution in [3.8, 4) is 0 Å². The van der Waals surface area contributed by atoms with Crippen molar-refractivity contribution in [1.29, 1.82) is 0 Å². The molecule has 1 atom stereocenters. The van der Waals surface area contributed by atoms with E-state index in [-0.39, 0.29) is 18.3 Å². The number of rotatable bonds is 4. The summed E-state index contributed by atoms with van der Waals surface area (Å²) in [5, 5.41) is 10.1. The molecule has 0 aromatic carbocycles. The first kappa shape index (κ1) is 15.0. The number of nitrogens with zero attached hydrogens (tertiary/aromatic N) is 1. The Hall–Kier alpha value is -1.07. The number of hydrogen-bond acceptors (Lipinski definition) is 4. The van der Waals surface area contributed by atoms with Gasteiger partial charge in [0.2, 0.25) is 5.91 Å². The van der Waals surface area contributed by atoms with Gasteiger partial charge in [-0.3, -0.25) is 4.79 Å². The normalized spacial score (nSPS) is 18.4. The van der Waals surface area contributed by atoms with Crippen molar-refractivity contribution in [1.82, 2.24) is 15.8 Å². The summed E-state index contributed by atoms with van der Waals surface area (Å²) in [4.78, 5) is 11.7. The Kier molecular flexibility index (Phi) is 5.62. The summed E-state index contributed by atoms with van der Waals surface area (Å²) in [5.41, 5.74) is 1.83. The molecule has 0 saturated carbocycles. The molecular formula is C12H20ClN3O2. The molecule has 1 aromatic rings. The predicted molar refractivity (Wildman–Crippen MR) is 70.7 cm³/mol. The standard InChI is InChI=1S/C12H19N3O2.ClH/c1-8-11(9(2)17-15-8)7-14-12(16)6-10-4-3-5-13-10;/h10,13H,3-7H2,1-2H3,(H,14,16);1H. The first-order valence-electron chi connectivity index (χ1n) is 6.08. The molecule has 102 valence electrons. The molecule has 1 aromatic heterocycles. The fourth-order valence-electron chi connectivity index (χ4n) is 2.17. The summed E-state index contributed by atoms with van der Waals surface area (Å²) in [6.07, 6.45) is 2.82. The molecule has 0 bridgehead atoms. The molecule has 0 spiro atoms. The van der Waals surface area contributed by atoms with Crippen LogP contribution < -0.4 is 10.6 Å². The van der Waals surface area contributed by atoms with E-state index in [1.165, 1.54) is 6.42 Å². The first-order valence-corrected chi connectivity index (χ1v) is 6.08. The fraction of sp³-hybridized carbons (Fsp3) is 0.667. The maximum Gasteiger partial charge on any atom is 0.221 e. The van der Waals surface area contributed by atoms with Gasteiger partial charge in [-0.05, 0) is 33.2 Å². The lowest BCUT2D eigenvalue weighted by molar-refractivity contribution is -0.121. The molecule has 5 nitrogen and oxygen atoms in total. The van der Waals surface area contributed by atoms with Crippen molar-refractivity contribution in [2.24, 2.45) is 0 Å². The Balaban J connectivity index is 0.00000162. The van der Waals surface area contributed by atoms with Gasteiger partial charge >= 0.3 is 0 Å². The zero-order valence-corrected chi connectivity index (χ0v) is 11.6. The topological polar surface area (TPSA) is 67.2 Å². The summed E-state index contributed by atoms with van der Waals surface area (Å²) in [7, 11) is 0. The summed E-state index contributed by atoms with van der Waals surface area (Å²) in [5.74, 6) is 0.867. The number of halogens is 1. The maximum absolute atomic E-state index is 11.7. The summed E-state index contributed by atoms with van der Waals surface area (Å²) < 4.78 is 5.05. The van der Waals surface area contributed by atoms with Crippen molar-refractivity contribution in [2.75, 3.05) is 6.54 Å². The molecule has 6 heteroatoms. The van der Waals surface area contributed by atoms with Crippen LogP contribution in [0.3, 0.4) is 0 Å². The van der Waals surface area contributed by atoms with Gasteiger partial charge in [0, 0.05) is 24.6 Å². The molecule has 1 aliphatic heterocycles. The third-order valence-corrected chi connectivity index (χ3v) is 3.24. The van der Waals surface area contributed by atoms with Crippen LogP contribution in [0, 0.1) is 13.8 Å². The van der Waals surface area contributed by atoms with E-state index >= 15 is 0 Å². The highest BCUT2D eigenvalue weighted by atomic mass is 35.5. The van der Waals surface area contributed by atoms with E-state index in [4.69, 9.17) is 4.52 Å². The number of amides is 1. The van der Waals surface area contributed by atoms with Gasteiger partial charge in [0.05, 0.1) is 5.69 Å². The Bertz CT molecular complexity index is 381. The number of hydrogen-bond donors (Lipinski definition) is 2. The van der Waals surface area contributed by atoms with Crippen molar-refractivity contribution >= 4 is 18.3 Å².